The number of hydrogen-bond acceptors (Lipinski definition) is 4. The average molecular weight is 266 g/mol. The first-order chi connectivity index (χ1) is 8.89. The van der Waals surface area contributed by atoms with Crippen molar-refractivity contribution >= 4 is 5.91 Å². The standard InChI is InChI=1S/C13H22N4O2/c1-12(2)3-5-13(19,6-4-12)10-14-11(18)9-17-8-7-15-16-17/h7-8,19H,3-6,9-10H2,1-2H3,(H,14,18). The summed E-state index contributed by atoms with van der Waals surface area (Å²) in [6.45, 7) is 4.89. The van der Waals surface area contributed by atoms with Crippen LogP contribution in [-0.4, -0.2) is 38.2 Å². The number of nitrogens with zero attached hydrogens (tertiary/aromatic N) is 3. The quantitative estimate of drug-likeness (QED) is 0.841. The van der Waals surface area contributed by atoms with Crippen LogP contribution in [0.5, 0.6) is 0 Å². The van der Waals surface area contributed by atoms with E-state index in [-0.39, 0.29) is 12.5 Å². The molecule has 1 aromatic heterocycles. The van der Waals surface area contributed by atoms with E-state index in [4.69, 9.17) is 0 Å². The maximum absolute atomic E-state index is 11.7. The van der Waals surface area contributed by atoms with Gasteiger partial charge in [0, 0.05) is 12.7 Å². The molecule has 0 atom stereocenters. The molecule has 0 aliphatic heterocycles. The number of carbonyl (C=O) groups excluding carboxylic acids is 1. The summed E-state index contributed by atoms with van der Waals surface area (Å²) < 4.78 is 1.46. The van der Waals surface area contributed by atoms with Gasteiger partial charge in [0.05, 0.1) is 11.8 Å². The van der Waals surface area contributed by atoms with Crippen LogP contribution in [0.3, 0.4) is 0 Å². The van der Waals surface area contributed by atoms with E-state index in [1.165, 1.54) is 10.9 Å². The predicted molar refractivity (Wildman–Crippen MR) is 70.2 cm³/mol. The third-order valence-electron chi connectivity index (χ3n) is 3.93. The Morgan fingerprint density at radius 3 is 2.63 bits per heavy atom. The molecule has 6 heteroatoms. The van der Waals surface area contributed by atoms with Crippen molar-refractivity contribution in [2.75, 3.05) is 6.54 Å². The number of aliphatic hydroxyl groups is 1. The van der Waals surface area contributed by atoms with Crippen molar-refractivity contribution in [3.8, 4) is 0 Å². The third-order valence-corrected chi connectivity index (χ3v) is 3.93. The van der Waals surface area contributed by atoms with Crippen molar-refractivity contribution in [3.63, 3.8) is 0 Å². The zero-order valence-electron chi connectivity index (χ0n) is 11.6. The smallest absolute Gasteiger partial charge is 0.241 e. The Morgan fingerprint density at radius 1 is 1.37 bits per heavy atom. The fourth-order valence-electron chi connectivity index (χ4n) is 2.35. The molecule has 106 valence electrons. The van der Waals surface area contributed by atoms with Gasteiger partial charge in [-0.15, -0.1) is 5.10 Å². The predicted octanol–water partition coefficient (Wildman–Crippen LogP) is 0.726. The Kier molecular flexibility index (Phi) is 3.89. The first-order valence-electron chi connectivity index (χ1n) is 6.72. The fourth-order valence-corrected chi connectivity index (χ4v) is 2.35. The van der Waals surface area contributed by atoms with Crippen LogP contribution in [0.2, 0.25) is 0 Å². The number of aromatic nitrogens is 3. The monoisotopic (exact) mass is 266 g/mol. The lowest BCUT2D eigenvalue weighted by atomic mass is 9.71. The highest BCUT2D eigenvalue weighted by atomic mass is 16.3. The van der Waals surface area contributed by atoms with Gasteiger partial charge in [0.25, 0.3) is 0 Å². The van der Waals surface area contributed by atoms with Crippen molar-refractivity contribution < 1.29 is 9.90 Å². The van der Waals surface area contributed by atoms with Gasteiger partial charge in [-0.25, -0.2) is 4.68 Å². The average Bonchev–Trinajstić information content (AvgIpc) is 2.84. The van der Waals surface area contributed by atoms with Gasteiger partial charge in [-0.05, 0) is 31.1 Å². The zero-order valence-corrected chi connectivity index (χ0v) is 11.6. The normalized spacial score (nSPS) is 21.0. The van der Waals surface area contributed by atoms with Gasteiger partial charge >= 0.3 is 0 Å². The molecule has 1 saturated carbocycles. The first kappa shape index (κ1) is 14.0. The minimum Gasteiger partial charge on any atom is -0.388 e. The molecule has 1 fully saturated rings. The molecule has 0 spiro atoms. The molecule has 1 aromatic rings. The molecule has 2 N–H and O–H groups in total. The van der Waals surface area contributed by atoms with Crippen LogP contribution < -0.4 is 5.32 Å². The van der Waals surface area contributed by atoms with Gasteiger partial charge < -0.3 is 10.4 Å². The number of amides is 1. The van der Waals surface area contributed by atoms with Crippen LogP contribution in [-0.2, 0) is 11.3 Å². The van der Waals surface area contributed by atoms with E-state index in [1.807, 2.05) is 0 Å². The molecule has 6 nitrogen and oxygen atoms in total. The van der Waals surface area contributed by atoms with Gasteiger partial charge in [-0.2, -0.15) is 0 Å². The molecule has 0 aromatic carbocycles. The molecule has 0 radical (unpaired) electrons. The molecule has 19 heavy (non-hydrogen) atoms. The minimum atomic E-state index is -0.756. The maximum Gasteiger partial charge on any atom is 0.241 e. The first-order valence-corrected chi connectivity index (χ1v) is 6.72. The van der Waals surface area contributed by atoms with E-state index in [0.717, 1.165) is 25.7 Å². The Bertz CT molecular complexity index is 418. The van der Waals surface area contributed by atoms with Crippen molar-refractivity contribution in [2.24, 2.45) is 5.41 Å². The summed E-state index contributed by atoms with van der Waals surface area (Å²) in [6, 6.07) is 0. The Hall–Kier alpha value is -1.43. The van der Waals surface area contributed by atoms with Crippen LogP contribution in [0.1, 0.15) is 39.5 Å². The van der Waals surface area contributed by atoms with Crippen LogP contribution in [0, 0.1) is 5.41 Å². The molecule has 0 saturated heterocycles. The largest absolute Gasteiger partial charge is 0.388 e. The van der Waals surface area contributed by atoms with Crippen LogP contribution in [0.4, 0.5) is 0 Å². The summed E-state index contributed by atoms with van der Waals surface area (Å²) in [4.78, 5) is 11.7. The van der Waals surface area contributed by atoms with Gasteiger partial charge in [-0.1, -0.05) is 19.1 Å². The maximum atomic E-state index is 11.7. The molecule has 1 aliphatic rings. The third kappa shape index (κ3) is 4.02. The summed E-state index contributed by atoms with van der Waals surface area (Å²) in [5, 5.41) is 20.6. The van der Waals surface area contributed by atoms with Gasteiger partial charge in [0.1, 0.15) is 6.54 Å². The van der Waals surface area contributed by atoms with Crippen molar-refractivity contribution in [1.29, 1.82) is 0 Å². The molecule has 1 amide bonds. The summed E-state index contributed by atoms with van der Waals surface area (Å²) in [5.74, 6) is -0.149. The van der Waals surface area contributed by atoms with Crippen LogP contribution in [0.15, 0.2) is 12.4 Å². The second-order valence-corrected chi connectivity index (χ2v) is 6.27. The highest BCUT2D eigenvalue weighted by molar-refractivity contribution is 5.75. The van der Waals surface area contributed by atoms with E-state index in [2.05, 4.69) is 29.5 Å². The molecule has 1 aliphatic carbocycles. The van der Waals surface area contributed by atoms with Gasteiger partial charge in [-0.3, -0.25) is 4.79 Å². The van der Waals surface area contributed by atoms with Crippen LogP contribution >= 0.6 is 0 Å². The molecular formula is C13H22N4O2. The number of rotatable bonds is 4. The minimum absolute atomic E-state index is 0.140. The van der Waals surface area contributed by atoms with Crippen LogP contribution in [0.25, 0.3) is 0 Å². The Morgan fingerprint density at radius 2 is 2.05 bits per heavy atom. The molecule has 0 unspecified atom stereocenters. The fraction of sp³-hybridized carbons (Fsp3) is 0.769. The molecule has 1 heterocycles. The topological polar surface area (TPSA) is 80.0 Å². The highest BCUT2D eigenvalue weighted by Crippen LogP contribution is 2.39. The summed E-state index contributed by atoms with van der Waals surface area (Å²) in [6.07, 6.45) is 6.62. The number of hydrogen-bond donors (Lipinski definition) is 2. The second kappa shape index (κ2) is 5.28. The SMILES string of the molecule is CC1(C)CCC(O)(CNC(=O)Cn2ccnn2)CC1. The van der Waals surface area contributed by atoms with E-state index in [9.17, 15) is 9.90 Å². The van der Waals surface area contributed by atoms with Crippen molar-refractivity contribution in [2.45, 2.75) is 51.7 Å². The zero-order chi connectivity index (χ0) is 13.9. The Balaban J connectivity index is 1.77. The van der Waals surface area contributed by atoms with E-state index in [1.54, 1.807) is 6.20 Å². The highest BCUT2D eigenvalue weighted by Gasteiger charge is 2.36. The lowest BCUT2D eigenvalue weighted by Crippen LogP contribution is -2.47. The molecular weight excluding hydrogens is 244 g/mol. The van der Waals surface area contributed by atoms with E-state index in [0.29, 0.717) is 12.0 Å². The van der Waals surface area contributed by atoms with Gasteiger partial charge in [0.15, 0.2) is 0 Å². The number of carbonyl (C=O) groups is 1. The Labute approximate surface area is 113 Å². The van der Waals surface area contributed by atoms with E-state index >= 15 is 0 Å². The second-order valence-electron chi connectivity index (χ2n) is 6.27. The lowest BCUT2D eigenvalue weighted by molar-refractivity contribution is -0.123. The van der Waals surface area contributed by atoms with Gasteiger partial charge in [0.2, 0.25) is 5.91 Å². The molecule has 0 bridgehead atoms. The van der Waals surface area contributed by atoms with Crippen molar-refractivity contribution in [3.05, 3.63) is 12.4 Å². The van der Waals surface area contributed by atoms with E-state index < -0.39 is 5.60 Å². The van der Waals surface area contributed by atoms with Crippen molar-refractivity contribution in [1.82, 2.24) is 20.3 Å². The molecule has 2 rings (SSSR count). The summed E-state index contributed by atoms with van der Waals surface area (Å²) in [7, 11) is 0. The summed E-state index contributed by atoms with van der Waals surface area (Å²) >= 11 is 0. The summed E-state index contributed by atoms with van der Waals surface area (Å²) in [5.41, 5.74) is -0.454. The lowest BCUT2D eigenvalue weighted by Gasteiger charge is -2.40. The number of nitrogens with one attached hydrogen (secondary N) is 1.